The summed E-state index contributed by atoms with van der Waals surface area (Å²) in [4.78, 5) is 4.39. The largest absolute Gasteiger partial charge is 0.497 e. The number of aryl methyl sites for hydroxylation is 1. The first-order chi connectivity index (χ1) is 12.1. The molecular formula is C19H20N2O4. The first-order valence-electron chi connectivity index (χ1n) is 7.86. The maximum absolute atomic E-state index is 5.80. The van der Waals surface area contributed by atoms with E-state index in [0.29, 0.717) is 23.2 Å². The minimum Gasteiger partial charge on any atom is -0.497 e. The normalized spacial score (nSPS) is 10.6. The lowest BCUT2D eigenvalue weighted by Crippen LogP contribution is -1.98. The van der Waals surface area contributed by atoms with Crippen molar-refractivity contribution in [1.29, 1.82) is 0 Å². The van der Waals surface area contributed by atoms with E-state index in [1.54, 1.807) is 20.3 Å². The highest BCUT2D eigenvalue weighted by molar-refractivity contribution is 5.65. The molecule has 1 aromatic heterocycles. The molecule has 0 aliphatic rings. The fourth-order valence-electron chi connectivity index (χ4n) is 2.43. The van der Waals surface area contributed by atoms with E-state index in [1.807, 2.05) is 44.2 Å². The molecule has 130 valence electrons. The van der Waals surface area contributed by atoms with Gasteiger partial charge in [-0.05, 0) is 43.2 Å². The molecular weight excluding hydrogens is 320 g/mol. The van der Waals surface area contributed by atoms with Crippen LogP contribution < -0.4 is 14.2 Å². The molecule has 2 aromatic carbocycles. The van der Waals surface area contributed by atoms with Crippen molar-refractivity contribution in [3.8, 4) is 28.6 Å². The van der Waals surface area contributed by atoms with Crippen LogP contribution in [0.1, 0.15) is 17.0 Å². The Labute approximate surface area is 146 Å². The van der Waals surface area contributed by atoms with Crippen molar-refractivity contribution >= 4 is 0 Å². The molecule has 3 aromatic rings. The van der Waals surface area contributed by atoms with Crippen LogP contribution in [0.25, 0.3) is 11.4 Å². The van der Waals surface area contributed by atoms with Gasteiger partial charge < -0.3 is 18.7 Å². The molecule has 0 bridgehead atoms. The zero-order valence-corrected chi connectivity index (χ0v) is 14.7. The lowest BCUT2D eigenvalue weighted by Gasteiger charge is -2.08. The molecule has 0 amide bonds. The summed E-state index contributed by atoms with van der Waals surface area (Å²) in [7, 11) is 3.19. The van der Waals surface area contributed by atoms with E-state index >= 15 is 0 Å². The number of hydrogen-bond donors (Lipinski definition) is 0. The zero-order chi connectivity index (χ0) is 17.8. The quantitative estimate of drug-likeness (QED) is 0.677. The van der Waals surface area contributed by atoms with Gasteiger partial charge in [0, 0.05) is 6.07 Å². The molecule has 0 spiro atoms. The molecule has 0 saturated carbocycles. The van der Waals surface area contributed by atoms with Crippen molar-refractivity contribution in [1.82, 2.24) is 10.1 Å². The first-order valence-corrected chi connectivity index (χ1v) is 7.86. The van der Waals surface area contributed by atoms with E-state index in [2.05, 4.69) is 10.1 Å². The molecule has 6 nitrogen and oxygen atoms in total. The van der Waals surface area contributed by atoms with Crippen molar-refractivity contribution in [2.24, 2.45) is 0 Å². The van der Waals surface area contributed by atoms with Gasteiger partial charge >= 0.3 is 0 Å². The summed E-state index contributed by atoms with van der Waals surface area (Å²) in [5, 5.41) is 4.02. The molecule has 1 heterocycles. The Hall–Kier alpha value is -3.02. The van der Waals surface area contributed by atoms with E-state index in [0.717, 1.165) is 16.9 Å². The predicted octanol–water partition coefficient (Wildman–Crippen LogP) is 3.95. The van der Waals surface area contributed by atoms with E-state index in [9.17, 15) is 0 Å². The fraction of sp³-hybridized carbons (Fsp3) is 0.263. The topological polar surface area (TPSA) is 66.6 Å². The Morgan fingerprint density at radius 2 is 1.84 bits per heavy atom. The van der Waals surface area contributed by atoms with Crippen LogP contribution >= 0.6 is 0 Å². The third-order valence-electron chi connectivity index (χ3n) is 4.02. The third kappa shape index (κ3) is 3.57. The van der Waals surface area contributed by atoms with Crippen LogP contribution in [0.3, 0.4) is 0 Å². The van der Waals surface area contributed by atoms with Crippen molar-refractivity contribution in [3.05, 3.63) is 53.4 Å². The number of aromatic nitrogens is 2. The lowest BCUT2D eigenvalue weighted by molar-refractivity contribution is 0.241. The van der Waals surface area contributed by atoms with Crippen LogP contribution in [-0.4, -0.2) is 24.4 Å². The van der Waals surface area contributed by atoms with Gasteiger partial charge in [0.25, 0.3) is 5.89 Å². The number of nitrogens with zero attached hydrogens (tertiary/aromatic N) is 2. The molecule has 25 heavy (non-hydrogen) atoms. The molecule has 0 radical (unpaired) electrons. The van der Waals surface area contributed by atoms with Gasteiger partial charge in [0.05, 0.1) is 19.8 Å². The minimum atomic E-state index is 0.204. The van der Waals surface area contributed by atoms with Crippen molar-refractivity contribution in [3.63, 3.8) is 0 Å². The van der Waals surface area contributed by atoms with Gasteiger partial charge in [0.2, 0.25) is 5.82 Å². The number of hydrogen-bond acceptors (Lipinski definition) is 6. The maximum Gasteiger partial charge on any atom is 0.264 e. The van der Waals surface area contributed by atoms with Gasteiger partial charge in [-0.15, -0.1) is 0 Å². The maximum atomic E-state index is 5.80. The molecule has 0 saturated heterocycles. The highest BCUT2D eigenvalue weighted by Crippen LogP contribution is 2.31. The van der Waals surface area contributed by atoms with E-state index < -0.39 is 0 Å². The SMILES string of the molecule is COc1ccc(-c2noc(COc3cccc(C)c3C)n2)c(OC)c1. The summed E-state index contributed by atoms with van der Waals surface area (Å²) in [5.41, 5.74) is 3.00. The van der Waals surface area contributed by atoms with Gasteiger partial charge in [-0.3, -0.25) is 0 Å². The predicted molar refractivity (Wildman–Crippen MR) is 93.1 cm³/mol. The third-order valence-corrected chi connectivity index (χ3v) is 4.02. The molecule has 0 aliphatic heterocycles. The van der Waals surface area contributed by atoms with Crippen molar-refractivity contribution in [2.45, 2.75) is 20.5 Å². The van der Waals surface area contributed by atoms with Gasteiger partial charge in [0.1, 0.15) is 17.2 Å². The van der Waals surface area contributed by atoms with Crippen LogP contribution in [0.5, 0.6) is 17.2 Å². The van der Waals surface area contributed by atoms with Crippen molar-refractivity contribution in [2.75, 3.05) is 14.2 Å². The summed E-state index contributed by atoms with van der Waals surface area (Å²) in [6.45, 7) is 4.27. The average Bonchev–Trinajstić information content (AvgIpc) is 3.11. The first kappa shape index (κ1) is 16.8. The van der Waals surface area contributed by atoms with Crippen LogP contribution in [0.15, 0.2) is 40.9 Å². The molecule has 0 atom stereocenters. The molecule has 3 rings (SSSR count). The Kier molecular flexibility index (Phi) is 4.88. The van der Waals surface area contributed by atoms with Gasteiger partial charge in [-0.1, -0.05) is 17.3 Å². The molecule has 6 heteroatoms. The number of methoxy groups -OCH3 is 2. The Morgan fingerprint density at radius 3 is 2.60 bits per heavy atom. The Morgan fingerprint density at radius 1 is 1.00 bits per heavy atom. The van der Waals surface area contributed by atoms with Gasteiger partial charge in [-0.25, -0.2) is 0 Å². The van der Waals surface area contributed by atoms with Crippen LogP contribution in [0.4, 0.5) is 0 Å². The van der Waals surface area contributed by atoms with Crippen molar-refractivity contribution < 1.29 is 18.7 Å². The monoisotopic (exact) mass is 340 g/mol. The summed E-state index contributed by atoms with van der Waals surface area (Å²) in [6.07, 6.45) is 0. The number of benzene rings is 2. The summed E-state index contributed by atoms with van der Waals surface area (Å²) in [5.74, 6) is 2.96. The summed E-state index contributed by atoms with van der Waals surface area (Å²) >= 11 is 0. The Balaban J connectivity index is 1.78. The Bertz CT molecular complexity index is 874. The molecule has 0 unspecified atom stereocenters. The fourth-order valence-corrected chi connectivity index (χ4v) is 2.43. The summed E-state index contributed by atoms with van der Waals surface area (Å²) in [6, 6.07) is 11.4. The smallest absolute Gasteiger partial charge is 0.264 e. The highest BCUT2D eigenvalue weighted by atomic mass is 16.5. The van der Waals surface area contributed by atoms with Crippen LogP contribution in [-0.2, 0) is 6.61 Å². The average molecular weight is 340 g/mol. The molecule has 0 fully saturated rings. The van der Waals surface area contributed by atoms with Gasteiger partial charge in [-0.2, -0.15) is 4.98 Å². The lowest BCUT2D eigenvalue weighted by atomic mass is 10.1. The second kappa shape index (κ2) is 7.25. The van der Waals surface area contributed by atoms with E-state index in [-0.39, 0.29) is 6.61 Å². The minimum absolute atomic E-state index is 0.204. The van der Waals surface area contributed by atoms with Crippen LogP contribution in [0.2, 0.25) is 0 Å². The second-order valence-electron chi connectivity index (χ2n) is 5.56. The van der Waals surface area contributed by atoms with Crippen LogP contribution in [0, 0.1) is 13.8 Å². The second-order valence-corrected chi connectivity index (χ2v) is 5.56. The molecule has 0 aliphatic carbocycles. The standard InChI is InChI=1S/C19H20N2O4/c1-12-6-5-7-16(13(12)2)24-11-18-20-19(21-25-18)15-9-8-14(22-3)10-17(15)23-4/h5-10H,11H2,1-4H3. The van der Waals surface area contributed by atoms with E-state index in [4.69, 9.17) is 18.7 Å². The summed E-state index contributed by atoms with van der Waals surface area (Å²) < 4.78 is 21.7. The highest BCUT2D eigenvalue weighted by Gasteiger charge is 2.15. The van der Waals surface area contributed by atoms with Gasteiger partial charge in [0.15, 0.2) is 6.61 Å². The van der Waals surface area contributed by atoms with E-state index in [1.165, 1.54) is 5.56 Å². The number of ether oxygens (including phenoxy) is 3. The molecule has 0 N–H and O–H groups in total. The number of rotatable bonds is 6. The zero-order valence-electron chi connectivity index (χ0n) is 14.7.